The summed E-state index contributed by atoms with van der Waals surface area (Å²) in [5.74, 6) is 0. The SMILES string of the molecule is CCC(CC)(CNC1CC1)CN(C)C1CCOC1. The summed E-state index contributed by atoms with van der Waals surface area (Å²) in [7, 11) is 2.27. The molecular formula is C15H30N2O. The first-order valence-electron chi connectivity index (χ1n) is 7.70. The van der Waals surface area contributed by atoms with Crippen LogP contribution in [-0.4, -0.2) is 50.3 Å². The number of hydrogen-bond donors (Lipinski definition) is 1. The van der Waals surface area contributed by atoms with Gasteiger partial charge in [0.1, 0.15) is 0 Å². The van der Waals surface area contributed by atoms with Gasteiger partial charge in [-0.15, -0.1) is 0 Å². The quantitative estimate of drug-likeness (QED) is 0.719. The highest BCUT2D eigenvalue weighted by Crippen LogP contribution is 2.30. The maximum Gasteiger partial charge on any atom is 0.0622 e. The normalized spacial score (nSPS) is 25.0. The van der Waals surface area contributed by atoms with Gasteiger partial charge in [0.15, 0.2) is 0 Å². The Bertz CT molecular complexity index is 243. The van der Waals surface area contributed by atoms with Crippen LogP contribution in [0.2, 0.25) is 0 Å². The van der Waals surface area contributed by atoms with Crippen LogP contribution >= 0.6 is 0 Å². The second kappa shape index (κ2) is 6.36. The van der Waals surface area contributed by atoms with Gasteiger partial charge in [-0.3, -0.25) is 0 Å². The molecule has 0 aromatic heterocycles. The third-order valence-corrected chi connectivity index (χ3v) is 4.96. The van der Waals surface area contributed by atoms with Gasteiger partial charge >= 0.3 is 0 Å². The Balaban J connectivity index is 1.85. The van der Waals surface area contributed by atoms with Gasteiger partial charge in [-0.1, -0.05) is 13.8 Å². The highest BCUT2D eigenvalue weighted by molar-refractivity contribution is 4.89. The summed E-state index contributed by atoms with van der Waals surface area (Å²) in [6, 6.07) is 1.46. The van der Waals surface area contributed by atoms with Crippen LogP contribution in [0.1, 0.15) is 46.0 Å². The maximum atomic E-state index is 5.51. The Morgan fingerprint density at radius 3 is 2.44 bits per heavy atom. The number of nitrogens with one attached hydrogen (secondary N) is 1. The zero-order valence-corrected chi connectivity index (χ0v) is 12.4. The molecule has 1 saturated heterocycles. The average molecular weight is 254 g/mol. The lowest BCUT2D eigenvalue weighted by atomic mass is 9.81. The third kappa shape index (κ3) is 3.69. The zero-order chi connectivity index (χ0) is 13.0. The molecule has 1 atom stereocenters. The monoisotopic (exact) mass is 254 g/mol. The standard InChI is InChI=1S/C15H30N2O/c1-4-15(5-2,11-16-13-6-7-13)12-17(3)14-8-9-18-10-14/h13-14,16H,4-12H2,1-3H3. The molecule has 1 aliphatic heterocycles. The van der Waals surface area contributed by atoms with Crippen LogP contribution in [0.4, 0.5) is 0 Å². The molecule has 2 aliphatic rings. The molecule has 3 heteroatoms. The van der Waals surface area contributed by atoms with Crippen LogP contribution in [0, 0.1) is 5.41 Å². The van der Waals surface area contributed by atoms with Crippen molar-refractivity contribution in [2.45, 2.75) is 58.0 Å². The van der Waals surface area contributed by atoms with Gasteiger partial charge in [-0.2, -0.15) is 0 Å². The maximum absolute atomic E-state index is 5.51. The van der Waals surface area contributed by atoms with E-state index in [1.54, 1.807) is 0 Å². The van der Waals surface area contributed by atoms with Crippen molar-refractivity contribution in [3.63, 3.8) is 0 Å². The van der Waals surface area contributed by atoms with Gasteiger partial charge in [-0.05, 0) is 44.6 Å². The van der Waals surface area contributed by atoms with Crippen molar-refractivity contribution >= 4 is 0 Å². The minimum atomic E-state index is 0.444. The van der Waals surface area contributed by atoms with E-state index in [1.807, 2.05) is 0 Å². The molecule has 0 aromatic rings. The van der Waals surface area contributed by atoms with Crippen LogP contribution < -0.4 is 5.32 Å². The van der Waals surface area contributed by atoms with E-state index >= 15 is 0 Å². The smallest absolute Gasteiger partial charge is 0.0622 e. The second-order valence-corrected chi connectivity index (χ2v) is 6.29. The molecule has 3 nitrogen and oxygen atoms in total. The van der Waals surface area contributed by atoms with E-state index in [4.69, 9.17) is 4.74 Å². The molecule has 0 aromatic carbocycles. The summed E-state index contributed by atoms with van der Waals surface area (Å²) in [6.45, 7) is 8.95. The van der Waals surface area contributed by atoms with Crippen molar-refractivity contribution in [3.05, 3.63) is 0 Å². The molecule has 2 rings (SSSR count). The predicted octanol–water partition coefficient (Wildman–Crippen LogP) is 2.27. The molecule has 18 heavy (non-hydrogen) atoms. The minimum absolute atomic E-state index is 0.444. The van der Waals surface area contributed by atoms with Crippen LogP contribution in [0.3, 0.4) is 0 Å². The van der Waals surface area contributed by atoms with Crippen LogP contribution in [-0.2, 0) is 4.74 Å². The Morgan fingerprint density at radius 2 is 1.94 bits per heavy atom. The van der Waals surface area contributed by atoms with Gasteiger partial charge < -0.3 is 15.0 Å². The molecule has 1 unspecified atom stereocenters. The minimum Gasteiger partial charge on any atom is -0.380 e. The first-order valence-corrected chi connectivity index (χ1v) is 7.70. The van der Waals surface area contributed by atoms with Gasteiger partial charge in [-0.25, -0.2) is 0 Å². The van der Waals surface area contributed by atoms with Crippen molar-refractivity contribution in [2.24, 2.45) is 5.41 Å². The van der Waals surface area contributed by atoms with E-state index in [-0.39, 0.29) is 0 Å². The Labute approximate surface area is 112 Å². The number of likely N-dealkylation sites (N-methyl/N-ethyl adjacent to an activating group) is 1. The summed E-state index contributed by atoms with van der Waals surface area (Å²) in [4.78, 5) is 2.54. The molecule has 1 N–H and O–H groups in total. The molecule has 1 saturated carbocycles. The molecule has 106 valence electrons. The fourth-order valence-electron chi connectivity index (χ4n) is 2.96. The fourth-order valence-corrected chi connectivity index (χ4v) is 2.96. The predicted molar refractivity (Wildman–Crippen MR) is 75.9 cm³/mol. The van der Waals surface area contributed by atoms with Crippen LogP contribution in [0.5, 0.6) is 0 Å². The van der Waals surface area contributed by atoms with Crippen molar-refractivity contribution in [1.82, 2.24) is 10.2 Å². The third-order valence-electron chi connectivity index (χ3n) is 4.96. The summed E-state index contributed by atoms with van der Waals surface area (Å²) >= 11 is 0. The van der Waals surface area contributed by atoms with E-state index in [1.165, 1.54) is 45.2 Å². The number of hydrogen-bond acceptors (Lipinski definition) is 3. The van der Waals surface area contributed by atoms with E-state index < -0.39 is 0 Å². The molecule has 0 spiro atoms. The first kappa shape index (κ1) is 14.3. The lowest BCUT2D eigenvalue weighted by molar-refractivity contribution is 0.106. The van der Waals surface area contributed by atoms with Gasteiger partial charge in [0.2, 0.25) is 0 Å². The molecule has 2 fully saturated rings. The van der Waals surface area contributed by atoms with Crippen molar-refractivity contribution in [1.29, 1.82) is 0 Å². The Morgan fingerprint density at radius 1 is 1.22 bits per heavy atom. The lowest BCUT2D eigenvalue weighted by Gasteiger charge is -2.38. The van der Waals surface area contributed by atoms with Crippen molar-refractivity contribution in [2.75, 3.05) is 33.4 Å². The topological polar surface area (TPSA) is 24.5 Å². The van der Waals surface area contributed by atoms with Gasteiger partial charge in [0.05, 0.1) is 6.61 Å². The van der Waals surface area contributed by atoms with E-state index in [9.17, 15) is 0 Å². The fraction of sp³-hybridized carbons (Fsp3) is 1.00. The average Bonchev–Trinajstić information content (AvgIpc) is 3.06. The largest absolute Gasteiger partial charge is 0.380 e. The van der Waals surface area contributed by atoms with E-state index in [2.05, 4.69) is 31.1 Å². The number of rotatable bonds is 8. The summed E-state index contributed by atoms with van der Waals surface area (Å²) in [5.41, 5.74) is 0.444. The molecule has 0 amide bonds. The van der Waals surface area contributed by atoms with E-state index in [0.29, 0.717) is 11.5 Å². The van der Waals surface area contributed by atoms with Gasteiger partial charge in [0.25, 0.3) is 0 Å². The van der Waals surface area contributed by atoms with Crippen LogP contribution in [0.25, 0.3) is 0 Å². The Kier molecular flexibility index (Phi) is 5.05. The number of ether oxygens (including phenoxy) is 1. The molecule has 0 radical (unpaired) electrons. The Hall–Kier alpha value is -0.120. The molecule has 1 aliphatic carbocycles. The molecule has 0 bridgehead atoms. The molecular weight excluding hydrogens is 224 g/mol. The number of nitrogens with zero attached hydrogens (tertiary/aromatic N) is 1. The van der Waals surface area contributed by atoms with Gasteiger partial charge in [0, 0.05) is 31.8 Å². The highest BCUT2D eigenvalue weighted by Gasteiger charge is 2.33. The summed E-state index contributed by atoms with van der Waals surface area (Å²) in [6.07, 6.45) is 6.50. The summed E-state index contributed by atoms with van der Waals surface area (Å²) < 4.78 is 5.51. The second-order valence-electron chi connectivity index (χ2n) is 6.29. The van der Waals surface area contributed by atoms with Crippen molar-refractivity contribution in [3.8, 4) is 0 Å². The van der Waals surface area contributed by atoms with Crippen LogP contribution in [0.15, 0.2) is 0 Å². The van der Waals surface area contributed by atoms with E-state index in [0.717, 1.165) is 19.3 Å². The first-order chi connectivity index (χ1) is 8.69. The van der Waals surface area contributed by atoms with Crippen molar-refractivity contribution < 1.29 is 4.74 Å². The highest BCUT2D eigenvalue weighted by atomic mass is 16.5. The molecule has 1 heterocycles. The summed E-state index contributed by atoms with van der Waals surface area (Å²) in [5, 5.41) is 3.74. The zero-order valence-electron chi connectivity index (χ0n) is 12.4. The lowest BCUT2D eigenvalue weighted by Crippen LogP contribution is -2.46.